The summed E-state index contributed by atoms with van der Waals surface area (Å²) >= 11 is 13.8. The molecule has 2 heterocycles. The molecule has 6 nitrogen and oxygen atoms in total. The first-order valence-electron chi connectivity index (χ1n) is 8.02. The molecule has 1 aromatic carbocycles. The summed E-state index contributed by atoms with van der Waals surface area (Å²) in [5, 5.41) is 1.27. The summed E-state index contributed by atoms with van der Waals surface area (Å²) in [6.07, 6.45) is 2.25. The maximum Gasteiger partial charge on any atom is 0.332 e. The Bertz CT molecular complexity index is 1070. The number of nitrogens with zero attached hydrogens (tertiary/aromatic N) is 4. The van der Waals surface area contributed by atoms with Gasteiger partial charge in [-0.2, -0.15) is 11.8 Å². The maximum absolute atomic E-state index is 12.6. The van der Waals surface area contributed by atoms with E-state index in [2.05, 4.69) is 4.98 Å². The van der Waals surface area contributed by atoms with E-state index >= 15 is 0 Å². The Hall–Kier alpha value is -1.70. The Morgan fingerprint density at radius 3 is 2.69 bits per heavy atom. The number of fused-ring (bicyclic) bond motifs is 1. The van der Waals surface area contributed by atoms with E-state index in [-0.39, 0.29) is 11.2 Å². The number of rotatable bonds is 6. The number of aryl methyl sites for hydroxylation is 2. The van der Waals surface area contributed by atoms with Gasteiger partial charge in [0.05, 0.1) is 6.33 Å². The molecule has 0 amide bonds. The quantitative estimate of drug-likeness (QED) is 0.583. The van der Waals surface area contributed by atoms with Crippen molar-refractivity contribution in [2.75, 3.05) is 5.75 Å². The second-order valence-corrected chi connectivity index (χ2v) is 7.92. The third-order valence-corrected chi connectivity index (χ3v) is 5.82. The van der Waals surface area contributed by atoms with Crippen LogP contribution in [-0.4, -0.2) is 24.4 Å². The Labute approximate surface area is 164 Å². The first kappa shape index (κ1) is 19.1. The summed E-state index contributed by atoms with van der Waals surface area (Å²) in [6, 6.07) is 5.45. The highest BCUT2D eigenvalue weighted by Gasteiger charge is 2.14. The van der Waals surface area contributed by atoms with Crippen molar-refractivity contribution in [2.24, 2.45) is 14.1 Å². The minimum Gasteiger partial charge on any atom is -0.328 e. The molecule has 26 heavy (non-hydrogen) atoms. The van der Waals surface area contributed by atoms with Crippen molar-refractivity contribution in [1.29, 1.82) is 0 Å². The van der Waals surface area contributed by atoms with Crippen LogP contribution in [0.3, 0.4) is 0 Å². The molecule has 0 spiro atoms. The molecule has 9 heteroatoms. The lowest BCUT2D eigenvalue weighted by Gasteiger charge is -2.09. The second kappa shape index (κ2) is 7.90. The van der Waals surface area contributed by atoms with Crippen LogP contribution in [0.4, 0.5) is 0 Å². The van der Waals surface area contributed by atoms with E-state index < -0.39 is 0 Å². The molecule has 0 aliphatic rings. The third-order valence-electron chi connectivity index (χ3n) is 4.14. The normalized spacial score (nSPS) is 11.4. The maximum atomic E-state index is 12.6. The molecule has 0 unspecified atom stereocenters. The number of benzene rings is 1. The number of hydrogen-bond donors (Lipinski definition) is 0. The van der Waals surface area contributed by atoms with Crippen LogP contribution in [0.5, 0.6) is 0 Å². The van der Waals surface area contributed by atoms with Gasteiger partial charge in [-0.1, -0.05) is 29.3 Å². The SMILES string of the molecule is Cn1cnc2c1c(=O)n(CCCSCc1ccc(Cl)cc1Cl)c(=O)n2C. The summed E-state index contributed by atoms with van der Waals surface area (Å²) < 4.78 is 4.34. The van der Waals surface area contributed by atoms with Gasteiger partial charge in [-0.25, -0.2) is 9.78 Å². The van der Waals surface area contributed by atoms with E-state index in [9.17, 15) is 9.59 Å². The molecule has 138 valence electrons. The first-order valence-corrected chi connectivity index (χ1v) is 9.93. The summed E-state index contributed by atoms with van der Waals surface area (Å²) in [5.41, 5.74) is 1.23. The number of thioether (sulfide) groups is 1. The molecule has 0 N–H and O–H groups in total. The average Bonchev–Trinajstić information content (AvgIpc) is 2.99. The van der Waals surface area contributed by atoms with Crippen LogP contribution in [0.1, 0.15) is 12.0 Å². The van der Waals surface area contributed by atoms with Crippen LogP contribution >= 0.6 is 35.0 Å². The number of imidazole rings is 1. The van der Waals surface area contributed by atoms with Crippen LogP contribution in [-0.2, 0) is 26.4 Å². The van der Waals surface area contributed by atoms with Crippen molar-refractivity contribution >= 4 is 46.1 Å². The van der Waals surface area contributed by atoms with E-state index in [0.29, 0.717) is 34.2 Å². The van der Waals surface area contributed by atoms with Crippen molar-refractivity contribution in [2.45, 2.75) is 18.7 Å². The Morgan fingerprint density at radius 1 is 1.19 bits per heavy atom. The topological polar surface area (TPSA) is 61.8 Å². The second-order valence-electron chi connectivity index (χ2n) is 5.97. The minimum absolute atomic E-state index is 0.297. The average molecular weight is 413 g/mol. The number of halogens is 2. The zero-order valence-electron chi connectivity index (χ0n) is 14.4. The lowest BCUT2D eigenvalue weighted by atomic mass is 10.2. The predicted molar refractivity (Wildman–Crippen MR) is 107 cm³/mol. The van der Waals surface area contributed by atoms with Crippen molar-refractivity contribution < 1.29 is 0 Å². The molecule has 0 atom stereocenters. The lowest BCUT2D eigenvalue weighted by Crippen LogP contribution is -2.39. The fourth-order valence-corrected chi connectivity index (χ4v) is 4.24. The van der Waals surface area contributed by atoms with Gasteiger partial charge in [0.25, 0.3) is 5.56 Å². The Balaban J connectivity index is 1.66. The molecule has 3 aromatic rings. The monoisotopic (exact) mass is 412 g/mol. The van der Waals surface area contributed by atoms with Crippen LogP contribution in [0.2, 0.25) is 10.0 Å². The highest BCUT2D eigenvalue weighted by Crippen LogP contribution is 2.24. The van der Waals surface area contributed by atoms with Crippen LogP contribution in [0.15, 0.2) is 34.1 Å². The highest BCUT2D eigenvalue weighted by atomic mass is 35.5. The van der Waals surface area contributed by atoms with Gasteiger partial charge in [0.2, 0.25) is 0 Å². The van der Waals surface area contributed by atoms with Crippen molar-refractivity contribution in [3.05, 3.63) is 61.0 Å². The van der Waals surface area contributed by atoms with Crippen LogP contribution < -0.4 is 11.2 Å². The highest BCUT2D eigenvalue weighted by molar-refractivity contribution is 7.98. The third kappa shape index (κ3) is 3.70. The van der Waals surface area contributed by atoms with Gasteiger partial charge in [0, 0.05) is 36.4 Å². The van der Waals surface area contributed by atoms with E-state index in [1.807, 2.05) is 12.1 Å². The summed E-state index contributed by atoms with van der Waals surface area (Å²) in [4.78, 5) is 29.1. The zero-order chi connectivity index (χ0) is 18.8. The largest absolute Gasteiger partial charge is 0.332 e. The van der Waals surface area contributed by atoms with Crippen molar-refractivity contribution in [3.63, 3.8) is 0 Å². The van der Waals surface area contributed by atoms with Gasteiger partial charge in [0.15, 0.2) is 11.2 Å². The van der Waals surface area contributed by atoms with Gasteiger partial charge >= 0.3 is 5.69 Å². The fourth-order valence-electron chi connectivity index (χ4n) is 2.74. The van der Waals surface area contributed by atoms with E-state index in [0.717, 1.165) is 17.1 Å². The van der Waals surface area contributed by atoms with Crippen molar-refractivity contribution in [3.8, 4) is 0 Å². The molecular weight excluding hydrogens is 395 g/mol. The first-order chi connectivity index (χ1) is 12.4. The van der Waals surface area contributed by atoms with Crippen LogP contribution in [0, 0.1) is 0 Å². The predicted octanol–water partition coefficient (Wildman–Crippen LogP) is 3.06. The molecule has 0 saturated carbocycles. The molecule has 0 aliphatic carbocycles. The molecule has 0 fully saturated rings. The van der Waals surface area contributed by atoms with E-state index in [1.165, 1.54) is 9.13 Å². The molecular formula is C17H18Cl2N4O2S. The summed E-state index contributed by atoms with van der Waals surface area (Å²) in [5.74, 6) is 1.56. The molecule has 0 aliphatic heterocycles. The Kier molecular flexibility index (Phi) is 5.79. The molecule has 0 bridgehead atoms. The summed E-state index contributed by atoms with van der Waals surface area (Å²) in [6.45, 7) is 0.369. The minimum atomic E-state index is -0.341. The van der Waals surface area contributed by atoms with Gasteiger partial charge in [-0.15, -0.1) is 0 Å². The molecule has 0 radical (unpaired) electrons. The van der Waals surface area contributed by atoms with Crippen molar-refractivity contribution in [1.82, 2.24) is 18.7 Å². The van der Waals surface area contributed by atoms with E-state index in [4.69, 9.17) is 23.2 Å². The number of aromatic nitrogens is 4. The van der Waals surface area contributed by atoms with Gasteiger partial charge in [-0.05, 0) is 29.9 Å². The number of hydrogen-bond acceptors (Lipinski definition) is 4. The standard InChI is InChI=1S/C17H18Cl2N4O2S/c1-21-10-20-15-14(21)16(24)23(17(25)22(15)2)6-3-7-26-9-11-4-5-12(18)8-13(11)19/h4-5,8,10H,3,6-7,9H2,1-2H3. The fraction of sp³-hybridized carbons (Fsp3) is 0.353. The van der Waals surface area contributed by atoms with Gasteiger partial charge < -0.3 is 4.57 Å². The van der Waals surface area contributed by atoms with E-state index in [1.54, 1.807) is 42.8 Å². The van der Waals surface area contributed by atoms with Gasteiger partial charge in [-0.3, -0.25) is 13.9 Å². The molecule has 0 saturated heterocycles. The smallest absolute Gasteiger partial charge is 0.328 e. The molecule has 3 rings (SSSR count). The Morgan fingerprint density at radius 2 is 1.96 bits per heavy atom. The zero-order valence-corrected chi connectivity index (χ0v) is 16.7. The summed E-state index contributed by atoms with van der Waals surface area (Å²) in [7, 11) is 3.38. The van der Waals surface area contributed by atoms with Crippen LogP contribution in [0.25, 0.3) is 11.2 Å². The lowest BCUT2D eigenvalue weighted by molar-refractivity contribution is 0.594. The van der Waals surface area contributed by atoms with Gasteiger partial charge in [0.1, 0.15) is 0 Å². The molecule has 2 aromatic heterocycles.